The maximum Gasteiger partial charge on any atom is 0.0458 e. The van der Waals surface area contributed by atoms with Crippen LogP contribution in [0.25, 0.3) is 10.9 Å². The predicted octanol–water partition coefficient (Wildman–Crippen LogP) is 4.45. The molecule has 2 rings (SSSR count). The SMILES string of the molecule is C#CC.CC.Cc1ccc2cc(C)[nH]c2c1. The zero-order valence-electron chi connectivity index (χ0n) is 10.9. The Morgan fingerprint density at radius 3 is 2.25 bits per heavy atom. The summed E-state index contributed by atoms with van der Waals surface area (Å²) in [4.78, 5) is 3.30. The Morgan fingerprint density at radius 2 is 1.69 bits per heavy atom. The molecule has 0 spiro atoms. The molecule has 0 bridgehead atoms. The van der Waals surface area contributed by atoms with Gasteiger partial charge in [0.25, 0.3) is 0 Å². The van der Waals surface area contributed by atoms with Crippen molar-refractivity contribution >= 4 is 10.9 Å². The normalized spacial score (nSPS) is 8.25. The zero-order chi connectivity index (χ0) is 12.6. The van der Waals surface area contributed by atoms with Gasteiger partial charge in [-0.25, -0.2) is 0 Å². The molecular formula is C15H21N. The van der Waals surface area contributed by atoms with E-state index in [0.717, 1.165) is 0 Å². The van der Waals surface area contributed by atoms with Gasteiger partial charge in [-0.1, -0.05) is 26.0 Å². The Bertz CT molecular complexity index is 458. The van der Waals surface area contributed by atoms with Crippen molar-refractivity contribution in [1.82, 2.24) is 4.98 Å². The minimum Gasteiger partial charge on any atom is -0.359 e. The van der Waals surface area contributed by atoms with Crippen LogP contribution >= 0.6 is 0 Å². The fourth-order valence-corrected chi connectivity index (χ4v) is 1.39. The maximum atomic E-state index is 4.60. The number of fused-ring (bicyclic) bond motifs is 1. The van der Waals surface area contributed by atoms with Crippen LogP contribution in [-0.2, 0) is 0 Å². The summed E-state index contributed by atoms with van der Waals surface area (Å²) in [5, 5.41) is 1.30. The van der Waals surface area contributed by atoms with Crippen molar-refractivity contribution < 1.29 is 0 Å². The molecule has 0 aliphatic heterocycles. The molecule has 1 aromatic heterocycles. The van der Waals surface area contributed by atoms with Gasteiger partial charge in [0.05, 0.1) is 0 Å². The lowest BCUT2D eigenvalue weighted by Crippen LogP contribution is -1.71. The van der Waals surface area contributed by atoms with Gasteiger partial charge in [-0.2, -0.15) is 0 Å². The molecule has 86 valence electrons. The van der Waals surface area contributed by atoms with Crippen LogP contribution in [0.5, 0.6) is 0 Å². The van der Waals surface area contributed by atoms with E-state index >= 15 is 0 Å². The van der Waals surface area contributed by atoms with E-state index < -0.39 is 0 Å². The van der Waals surface area contributed by atoms with Gasteiger partial charge in [0.2, 0.25) is 0 Å². The number of hydrogen-bond acceptors (Lipinski definition) is 0. The van der Waals surface area contributed by atoms with Crippen LogP contribution in [0.15, 0.2) is 24.3 Å². The topological polar surface area (TPSA) is 15.8 Å². The lowest BCUT2D eigenvalue weighted by atomic mass is 10.2. The third-order valence-electron chi connectivity index (χ3n) is 1.91. The molecule has 0 amide bonds. The summed E-state index contributed by atoms with van der Waals surface area (Å²) < 4.78 is 0. The van der Waals surface area contributed by atoms with Gasteiger partial charge < -0.3 is 4.98 Å². The van der Waals surface area contributed by atoms with Crippen LogP contribution in [0.1, 0.15) is 32.0 Å². The third kappa shape index (κ3) is 4.23. The molecule has 1 heteroatoms. The summed E-state index contributed by atoms with van der Waals surface area (Å²) >= 11 is 0. The molecule has 1 nitrogen and oxygen atoms in total. The van der Waals surface area contributed by atoms with Gasteiger partial charge in [0, 0.05) is 11.2 Å². The largest absolute Gasteiger partial charge is 0.359 e. The summed E-state index contributed by atoms with van der Waals surface area (Å²) in [7, 11) is 0. The van der Waals surface area contributed by atoms with Crippen molar-refractivity contribution in [2.24, 2.45) is 0 Å². The first-order chi connectivity index (χ1) is 7.67. The Morgan fingerprint density at radius 1 is 1.12 bits per heavy atom. The second kappa shape index (κ2) is 7.59. The van der Waals surface area contributed by atoms with E-state index in [-0.39, 0.29) is 0 Å². The molecule has 1 heterocycles. The van der Waals surface area contributed by atoms with Gasteiger partial charge in [-0.15, -0.1) is 12.3 Å². The molecule has 0 radical (unpaired) electrons. The summed E-state index contributed by atoms with van der Waals surface area (Å²) in [6.45, 7) is 9.84. The molecular weight excluding hydrogens is 194 g/mol. The fraction of sp³-hybridized carbons (Fsp3) is 0.333. The third-order valence-corrected chi connectivity index (χ3v) is 1.91. The molecule has 0 saturated heterocycles. The number of benzene rings is 1. The highest BCUT2D eigenvalue weighted by Gasteiger charge is 1.95. The average molecular weight is 215 g/mol. The molecule has 0 saturated carbocycles. The van der Waals surface area contributed by atoms with E-state index in [1.807, 2.05) is 13.8 Å². The van der Waals surface area contributed by atoms with E-state index in [0.29, 0.717) is 0 Å². The highest BCUT2D eigenvalue weighted by atomic mass is 14.7. The lowest BCUT2D eigenvalue weighted by Gasteiger charge is -1.90. The first-order valence-corrected chi connectivity index (χ1v) is 5.60. The summed E-state index contributed by atoms with van der Waals surface area (Å²) in [5.74, 6) is 2.25. The van der Waals surface area contributed by atoms with Crippen molar-refractivity contribution in [2.45, 2.75) is 34.6 Å². The number of terminal acetylenes is 1. The quantitative estimate of drug-likeness (QED) is 0.625. The molecule has 1 aromatic carbocycles. The van der Waals surface area contributed by atoms with E-state index in [9.17, 15) is 0 Å². The Hall–Kier alpha value is -1.68. The standard InChI is InChI=1S/C10H11N.C3H4.C2H6/c1-7-3-4-9-6-8(2)11-10(9)5-7;1-3-2;1-2/h3-6,11H,1-2H3;1H,2H3;1-2H3. The number of nitrogens with one attached hydrogen (secondary N) is 1. The number of H-pyrrole nitrogens is 1. The molecule has 0 aliphatic rings. The maximum absolute atomic E-state index is 4.60. The van der Waals surface area contributed by atoms with Crippen molar-refractivity contribution in [3.63, 3.8) is 0 Å². The predicted molar refractivity (Wildman–Crippen MR) is 73.6 cm³/mol. The zero-order valence-corrected chi connectivity index (χ0v) is 10.9. The summed E-state index contributed by atoms with van der Waals surface area (Å²) in [6.07, 6.45) is 4.60. The number of rotatable bonds is 0. The first kappa shape index (κ1) is 14.3. The number of aromatic nitrogens is 1. The monoisotopic (exact) mass is 215 g/mol. The summed E-state index contributed by atoms with van der Waals surface area (Å²) in [5.41, 5.74) is 3.77. The molecule has 1 N–H and O–H groups in total. The van der Waals surface area contributed by atoms with Crippen molar-refractivity contribution in [2.75, 3.05) is 0 Å². The highest BCUT2D eigenvalue weighted by Crippen LogP contribution is 2.15. The Balaban J connectivity index is 0.000000394. The lowest BCUT2D eigenvalue weighted by molar-refractivity contribution is 1.30. The second-order valence-corrected chi connectivity index (χ2v) is 3.33. The van der Waals surface area contributed by atoms with Crippen LogP contribution in [0.3, 0.4) is 0 Å². The van der Waals surface area contributed by atoms with E-state index in [1.165, 1.54) is 22.2 Å². The van der Waals surface area contributed by atoms with Gasteiger partial charge in [0.15, 0.2) is 0 Å². The second-order valence-electron chi connectivity index (χ2n) is 3.33. The Labute approximate surface area is 98.9 Å². The van der Waals surface area contributed by atoms with Crippen molar-refractivity contribution in [1.29, 1.82) is 0 Å². The molecule has 0 atom stereocenters. The number of aromatic amines is 1. The van der Waals surface area contributed by atoms with Crippen LogP contribution < -0.4 is 0 Å². The first-order valence-electron chi connectivity index (χ1n) is 5.60. The number of hydrogen-bond donors (Lipinski definition) is 1. The molecule has 0 aliphatic carbocycles. The van der Waals surface area contributed by atoms with Crippen LogP contribution in [0.2, 0.25) is 0 Å². The molecule has 0 unspecified atom stereocenters. The van der Waals surface area contributed by atoms with Gasteiger partial charge in [-0.05, 0) is 43.9 Å². The van der Waals surface area contributed by atoms with Crippen LogP contribution in [-0.4, -0.2) is 4.98 Å². The highest BCUT2D eigenvalue weighted by molar-refractivity contribution is 5.80. The van der Waals surface area contributed by atoms with E-state index in [4.69, 9.17) is 0 Å². The van der Waals surface area contributed by atoms with Gasteiger partial charge in [0.1, 0.15) is 0 Å². The van der Waals surface area contributed by atoms with Crippen LogP contribution in [0.4, 0.5) is 0 Å². The molecule has 2 aromatic rings. The molecule has 0 fully saturated rings. The summed E-state index contributed by atoms with van der Waals surface area (Å²) in [6, 6.07) is 8.61. The molecule has 16 heavy (non-hydrogen) atoms. The van der Waals surface area contributed by atoms with Crippen molar-refractivity contribution in [3.8, 4) is 12.3 Å². The smallest absolute Gasteiger partial charge is 0.0458 e. The van der Waals surface area contributed by atoms with Gasteiger partial charge in [-0.3, -0.25) is 0 Å². The minimum absolute atomic E-state index is 1.23. The van der Waals surface area contributed by atoms with E-state index in [2.05, 4.69) is 55.4 Å². The van der Waals surface area contributed by atoms with Crippen LogP contribution in [0, 0.1) is 26.2 Å². The Kier molecular flexibility index (Phi) is 6.79. The van der Waals surface area contributed by atoms with E-state index in [1.54, 1.807) is 6.92 Å². The fourth-order valence-electron chi connectivity index (χ4n) is 1.39. The average Bonchev–Trinajstić information content (AvgIpc) is 2.61. The van der Waals surface area contributed by atoms with Gasteiger partial charge >= 0.3 is 0 Å². The minimum atomic E-state index is 1.23. The van der Waals surface area contributed by atoms with Crippen molar-refractivity contribution in [3.05, 3.63) is 35.5 Å². The number of aryl methyl sites for hydroxylation is 2.